The summed E-state index contributed by atoms with van der Waals surface area (Å²) in [5, 5.41) is 5.89. The number of anilines is 1. The second-order valence-corrected chi connectivity index (χ2v) is 5.17. The van der Waals surface area contributed by atoms with Crippen molar-refractivity contribution in [1.82, 2.24) is 5.32 Å². The molecule has 1 aromatic carbocycles. The summed E-state index contributed by atoms with van der Waals surface area (Å²) < 4.78 is 12.7. The molecule has 0 atom stereocenters. The quantitative estimate of drug-likeness (QED) is 0.776. The predicted molar refractivity (Wildman–Crippen MR) is 74.5 cm³/mol. The normalized spacial score (nSPS) is 15.6. The lowest BCUT2D eigenvalue weighted by atomic mass is 10.0. The van der Waals surface area contributed by atoms with Gasteiger partial charge in [0.15, 0.2) is 0 Å². The van der Waals surface area contributed by atoms with Crippen molar-refractivity contribution in [1.29, 1.82) is 0 Å². The van der Waals surface area contributed by atoms with Crippen LogP contribution in [0, 0.1) is 11.7 Å². The Bertz CT molecular complexity index is 399. The number of hydrogen-bond acceptors (Lipinski definition) is 2. The van der Waals surface area contributed by atoms with E-state index in [9.17, 15) is 9.18 Å². The maximum Gasteiger partial charge on any atom is 0.238 e. The molecule has 0 spiro atoms. The van der Waals surface area contributed by atoms with Gasteiger partial charge in [0, 0.05) is 5.69 Å². The zero-order valence-corrected chi connectivity index (χ0v) is 11.1. The molecule has 19 heavy (non-hydrogen) atoms. The van der Waals surface area contributed by atoms with Gasteiger partial charge in [-0.05, 0) is 43.1 Å². The highest BCUT2D eigenvalue weighted by molar-refractivity contribution is 5.92. The Labute approximate surface area is 113 Å². The van der Waals surface area contributed by atoms with Crippen molar-refractivity contribution < 1.29 is 9.18 Å². The van der Waals surface area contributed by atoms with Gasteiger partial charge in [0.2, 0.25) is 5.91 Å². The zero-order chi connectivity index (χ0) is 13.5. The molecule has 1 fully saturated rings. The minimum Gasteiger partial charge on any atom is -0.325 e. The summed E-state index contributed by atoms with van der Waals surface area (Å²) in [7, 11) is 0. The molecule has 1 aliphatic rings. The summed E-state index contributed by atoms with van der Waals surface area (Å²) in [5.74, 6) is 0.457. The molecule has 1 amide bonds. The second-order valence-electron chi connectivity index (χ2n) is 5.17. The molecular weight excluding hydrogens is 243 g/mol. The molecule has 2 rings (SSSR count). The molecule has 2 N–H and O–H groups in total. The van der Waals surface area contributed by atoms with Crippen molar-refractivity contribution in [3.05, 3.63) is 30.1 Å². The molecule has 0 radical (unpaired) electrons. The summed E-state index contributed by atoms with van der Waals surface area (Å²) in [6, 6.07) is 5.80. The van der Waals surface area contributed by atoms with E-state index in [1.54, 1.807) is 12.1 Å². The van der Waals surface area contributed by atoms with Crippen LogP contribution in [0.4, 0.5) is 10.1 Å². The van der Waals surface area contributed by atoms with Gasteiger partial charge >= 0.3 is 0 Å². The van der Waals surface area contributed by atoms with Crippen molar-refractivity contribution in [3.8, 4) is 0 Å². The van der Waals surface area contributed by atoms with Crippen LogP contribution >= 0.6 is 0 Å². The van der Waals surface area contributed by atoms with Crippen LogP contribution in [0.25, 0.3) is 0 Å². The molecule has 0 aliphatic heterocycles. The van der Waals surface area contributed by atoms with Crippen LogP contribution in [0.2, 0.25) is 0 Å². The van der Waals surface area contributed by atoms with Gasteiger partial charge in [0.1, 0.15) is 5.82 Å². The molecule has 0 bridgehead atoms. The van der Waals surface area contributed by atoms with Gasteiger partial charge in [-0.1, -0.05) is 25.7 Å². The molecule has 4 heteroatoms. The summed E-state index contributed by atoms with van der Waals surface area (Å²) in [4.78, 5) is 11.6. The standard InChI is InChI=1S/C15H21FN2O/c16-13-5-7-14(8-6-13)18-15(19)11-17-10-9-12-3-1-2-4-12/h5-8,12,17H,1-4,9-11H2,(H,18,19). The van der Waals surface area contributed by atoms with Crippen LogP contribution in [0.5, 0.6) is 0 Å². The first-order valence-corrected chi connectivity index (χ1v) is 7.00. The summed E-state index contributed by atoms with van der Waals surface area (Å²) in [6.07, 6.45) is 6.54. The van der Waals surface area contributed by atoms with E-state index in [1.807, 2.05) is 0 Å². The lowest BCUT2D eigenvalue weighted by Gasteiger charge is -2.10. The molecule has 0 aromatic heterocycles. The van der Waals surface area contributed by atoms with E-state index in [-0.39, 0.29) is 11.7 Å². The largest absolute Gasteiger partial charge is 0.325 e. The van der Waals surface area contributed by atoms with Crippen LogP contribution in [0.15, 0.2) is 24.3 Å². The number of benzene rings is 1. The van der Waals surface area contributed by atoms with Crippen LogP contribution in [-0.4, -0.2) is 19.0 Å². The monoisotopic (exact) mass is 264 g/mol. The third-order valence-electron chi connectivity index (χ3n) is 3.62. The average molecular weight is 264 g/mol. The second kappa shape index (κ2) is 7.24. The minimum absolute atomic E-state index is 0.0852. The number of carbonyl (C=O) groups is 1. The van der Waals surface area contributed by atoms with E-state index in [0.717, 1.165) is 18.9 Å². The Hall–Kier alpha value is -1.42. The molecule has 3 nitrogen and oxygen atoms in total. The molecule has 0 unspecified atom stereocenters. The fraction of sp³-hybridized carbons (Fsp3) is 0.533. The van der Waals surface area contributed by atoms with Crippen LogP contribution < -0.4 is 10.6 Å². The van der Waals surface area contributed by atoms with Gasteiger partial charge in [-0.3, -0.25) is 4.79 Å². The maximum absolute atomic E-state index is 12.7. The molecule has 104 valence electrons. The highest BCUT2D eigenvalue weighted by atomic mass is 19.1. The van der Waals surface area contributed by atoms with Gasteiger partial charge in [0.25, 0.3) is 0 Å². The number of hydrogen-bond donors (Lipinski definition) is 2. The third-order valence-corrected chi connectivity index (χ3v) is 3.62. The Kier molecular flexibility index (Phi) is 5.33. The van der Waals surface area contributed by atoms with Crippen LogP contribution in [0.1, 0.15) is 32.1 Å². The smallest absolute Gasteiger partial charge is 0.238 e. The Morgan fingerprint density at radius 1 is 1.21 bits per heavy atom. The van der Waals surface area contributed by atoms with Gasteiger partial charge in [-0.15, -0.1) is 0 Å². The van der Waals surface area contributed by atoms with E-state index in [4.69, 9.17) is 0 Å². The number of halogens is 1. The fourth-order valence-corrected chi connectivity index (χ4v) is 2.55. The number of amides is 1. The minimum atomic E-state index is -0.298. The molecule has 1 saturated carbocycles. The lowest BCUT2D eigenvalue weighted by Crippen LogP contribution is -2.29. The zero-order valence-electron chi connectivity index (χ0n) is 11.1. The van der Waals surface area contributed by atoms with Gasteiger partial charge in [-0.25, -0.2) is 4.39 Å². The molecule has 0 saturated heterocycles. The Morgan fingerprint density at radius 3 is 2.58 bits per heavy atom. The SMILES string of the molecule is O=C(CNCCC1CCCC1)Nc1ccc(F)cc1. The van der Waals surface area contributed by atoms with E-state index in [2.05, 4.69) is 10.6 Å². The van der Waals surface area contributed by atoms with Gasteiger partial charge < -0.3 is 10.6 Å². The predicted octanol–water partition coefficient (Wildman–Crippen LogP) is 2.93. The highest BCUT2D eigenvalue weighted by Gasteiger charge is 2.14. The Morgan fingerprint density at radius 2 is 1.89 bits per heavy atom. The van der Waals surface area contributed by atoms with Crippen LogP contribution in [0.3, 0.4) is 0 Å². The Balaban J connectivity index is 1.60. The average Bonchev–Trinajstić information content (AvgIpc) is 2.91. The van der Waals surface area contributed by atoms with Crippen LogP contribution in [-0.2, 0) is 4.79 Å². The molecule has 0 heterocycles. The maximum atomic E-state index is 12.7. The summed E-state index contributed by atoms with van der Waals surface area (Å²) >= 11 is 0. The van der Waals surface area contributed by atoms with Gasteiger partial charge in [-0.2, -0.15) is 0 Å². The number of carbonyl (C=O) groups excluding carboxylic acids is 1. The van der Waals surface area contributed by atoms with E-state index in [1.165, 1.54) is 37.8 Å². The van der Waals surface area contributed by atoms with E-state index in [0.29, 0.717) is 12.2 Å². The fourth-order valence-electron chi connectivity index (χ4n) is 2.55. The topological polar surface area (TPSA) is 41.1 Å². The third kappa shape index (κ3) is 4.99. The van der Waals surface area contributed by atoms with Crippen molar-refractivity contribution >= 4 is 11.6 Å². The van der Waals surface area contributed by atoms with Crippen molar-refractivity contribution in [2.75, 3.05) is 18.4 Å². The summed E-state index contributed by atoms with van der Waals surface area (Å²) in [5.41, 5.74) is 0.629. The first-order chi connectivity index (χ1) is 9.24. The first kappa shape index (κ1) is 14.0. The first-order valence-electron chi connectivity index (χ1n) is 7.00. The van der Waals surface area contributed by atoms with E-state index >= 15 is 0 Å². The molecule has 1 aromatic rings. The van der Waals surface area contributed by atoms with Gasteiger partial charge in [0.05, 0.1) is 6.54 Å². The lowest BCUT2D eigenvalue weighted by molar-refractivity contribution is -0.115. The molecular formula is C15H21FN2O. The number of nitrogens with one attached hydrogen (secondary N) is 2. The van der Waals surface area contributed by atoms with E-state index < -0.39 is 0 Å². The summed E-state index contributed by atoms with van der Waals surface area (Å²) in [6.45, 7) is 1.20. The molecule has 1 aliphatic carbocycles. The van der Waals surface area contributed by atoms with Crippen molar-refractivity contribution in [2.24, 2.45) is 5.92 Å². The van der Waals surface area contributed by atoms with Crippen molar-refractivity contribution in [2.45, 2.75) is 32.1 Å². The highest BCUT2D eigenvalue weighted by Crippen LogP contribution is 2.26. The number of rotatable bonds is 6. The van der Waals surface area contributed by atoms with Crippen molar-refractivity contribution in [3.63, 3.8) is 0 Å².